The van der Waals surface area contributed by atoms with E-state index in [9.17, 15) is 19.5 Å². The summed E-state index contributed by atoms with van der Waals surface area (Å²) in [5, 5.41) is 13.1. The largest absolute Gasteiger partial charge is 0.480 e. The fraction of sp³-hybridized carbons (Fsp3) is 0.276. The molecule has 216 valence electrons. The van der Waals surface area contributed by atoms with Crippen LogP contribution in [-0.2, 0) is 9.59 Å². The van der Waals surface area contributed by atoms with Crippen LogP contribution >= 0.6 is 35.7 Å². The Morgan fingerprint density at radius 3 is 2.41 bits per heavy atom. The second kappa shape index (κ2) is 16.2. The summed E-state index contributed by atoms with van der Waals surface area (Å²) in [4.78, 5) is 40.8. The Balaban J connectivity index is 0.000000496. The fourth-order valence-electron chi connectivity index (χ4n) is 4.09. The molecule has 9 nitrogen and oxygen atoms in total. The highest BCUT2D eigenvalue weighted by molar-refractivity contribution is 8.25. The number of hydrazine groups is 1. The number of carboxylic acid groups (broad SMARTS) is 1. The van der Waals surface area contributed by atoms with Crippen LogP contribution < -0.4 is 16.9 Å². The summed E-state index contributed by atoms with van der Waals surface area (Å²) < 4.78 is 0.604. The van der Waals surface area contributed by atoms with Crippen molar-refractivity contribution in [3.05, 3.63) is 84.7 Å². The number of nitrogens with one attached hydrogen (secondary N) is 1. The first-order valence-corrected chi connectivity index (χ1v) is 15.4. The van der Waals surface area contributed by atoms with E-state index in [1.165, 1.54) is 23.5 Å². The Kier molecular flexibility index (Phi) is 12.8. The van der Waals surface area contributed by atoms with Gasteiger partial charge >= 0.3 is 5.97 Å². The summed E-state index contributed by atoms with van der Waals surface area (Å²) in [6.45, 7) is 0.575. The van der Waals surface area contributed by atoms with Gasteiger partial charge in [0.25, 0.3) is 5.91 Å². The van der Waals surface area contributed by atoms with Gasteiger partial charge in [0.05, 0.1) is 4.20 Å². The molecule has 1 aromatic heterocycles. The first kappa shape index (κ1) is 32.2. The number of nitrogens with two attached hydrogens (primary N) is 2. The van der Waals surface area contributed by atoms with Gasteiger partial charge in [0, 0.05) is 47.1 Å². The van der Waals surface area contributed by atoms with Crippen LogP contribution in [0.1, 0.15) is 29.6 Å². The molecule has 2 aromatic carbocycles. The van der Waals surface area contributed by atoms with Crippen molar-refractivity contribution < 1.29 is 19.5 Å². The van der Waals surface area contributed by atoms with E-state index < -0.39 is 17.9 Å². The van der Waals surface area contributed by atoms with Gasteiger partial charge in [-0.1, -0.05) is 72.5 Å². The number of aliphatic carboxylic acids is 1. The summed E-state index contributed by atoms with van der Waals surface area (Å²) in [7, 11) is 0. The third kappa shape index (κ3) is 9.37. The van der Waals surface area contributed by atoms with Crippen molar-refractivity contribution in [1.82, 2.24) is 15.3 Å². The van der Waals surface area contributed by atoms with Gasteiger partial charge in [0.2, 0.25) is 5.91 Å². The number of thiocarbonyl (C=S) groups is 1. The molecule has 0 radical (unpaired) electrons. The number of rotatable bonds is 10. The summed E-state index contributed by atoms with van der Waals surface area (Å²) in [5.41, 5.74) is 7.15. The minimum absolute atomic E-state index is 0.0817. The topological polar surface area (TPSA) is 152 Å². The van der Waals surface area contributed by atoms with Crippen LogP contribution in [0.3, 0.4) is 0 Å². The Labute approximate surface area is 253 Å². The summed E-state index contributed by atoms with van der Waals surface area (Å²) in [6, 6.07) is 19.1. The molecule has 41 heavy (non-hydrogen) atoms. The van der Waals surface area contributed by atoms with Crippen molar-refractivity contribution in [2.24, 2.45) is 11.6 Å². The van der Waals surface area contributed by atoms with Crippen LogP contribution in [0.25, 0.3) is 11.1 Å². The lowest BCUT2D eigenvalue weighted by Gasteiger charge is -2.28. The first-order chi connectivity index (χ1) is 19.7. The molecule has 0 saturated carbocycles. The van der Waals surface area contributed by atoms with Crippen LogP contribution in [0.2, 0.25) is 0 Å². The van der Waals surface area contributed by atoms with Crippen molar-refractivity contribution >= 4 is 57.7 Å². The number of thioether (sulfide) groups is 2. The molecule has 1 aliphatic rings. The molecule has 4 rings (SSSR count). The highest BCUT2D eigenvalue weighted by Gasteiger charge is 2.33. The third-order valence-electron chi connectivity index (χ3n) is 6.30. The molecule has 3 aromatic rings. The van der Waals surface area contributed by atoms with E-state index in [1.807, 2.05) is 60.9 Å². The number of amides is 2. The third-order valence-corrected chi connectivity index (χ3v) is 9.10. The molecule has 1 fully saturated rings. The van der Waals surface area contributed by atoms with Crippen LogP contribution in [0.4, 0.5) is 0 Å². The zero-order valence-electron chi connectivity index (χ0n) is 22.5. The van der Waals surface area contributed by atoms with E-state index in [4.69, 9.17) is 23.8 Å². The molecule has 2 amide bonds. The number of benzene rings is 2. The van der Waals surface area contributed by atoms with Crippen molar-refractivity contribution in [3.8, 4) is 11.1 Å². The number of aromatic nitrogens is 1. The van der Waals surface area contributed by atoms with E-state index in [-0.39, 0.29) is 23.6 Å². The SMILES string of the molecule is CSC(C[C@@H](C(=O)O)N(N)C(=O)c1ccccc1-c1ccccc1)C(=S)Sc1cccnc1.NC[C@@H]1CCC(=O)N1. The number of carboxylic acids is 1. The van der Waals surface area contributed by atoms with E-state index in [0.717, 1.165) is 21.9 Å². The highest BCUT2D eigenvalue weighted by Crippen LogP contribution is 2.29. The molecule has 1 saturated heterocycles. The van der Waals surface area contributed by atoms with Gasteiger partial charge < -0.3 is 16.2 Å². The van der Waals surface area contributed by atoms with Crippen molar-refractivity contribution in [1.29, 1.82) is 0 Å². The maximum absolute atomic E-state index is 13.3. The lowest BCUT2D eigenvalue weighted by Crippen LogP contribution is -2.51. The summed E-state index contributed by atoms with van der Waals surface area (Å²) in [5.74, 6) is 4.52. The van der Waals surface area contributed by atoms with E-state index >= 15 is 0 Å². The van der Waals surface area contributed by atoms with Crippen molar-refractivity contribution in [2.45, 2.75) is 41.5 Å². The van der Waals surface area contributed by atoms with Gasteiger partial charge in [-0.15, -0.1) is 0 Å². The van der Waals surface area contributed by atoms with Gasteiger partial charge in [-0.2, -0.15) is 11.8 Å². The Morgan fingerprint density at radius 2 is 1.85 bits per heavy atom. The molecule has 1 aliphatic heterocycles. The summed E-state index contributed by atoms with van der Waals surface area (Å²) in [6.07, 6.45) is 6.87. The lowest BCUT2D eigenvalue weighted by molar-refractivity contribution is -0.142. The molecule has 0 bridgehead atoms. The molecule has 0 spiro atoms. The molecule has 6 N–H and O–H groups in total. The zero-order chi connectivity index (χ0) is 29.8. The van der Waals surface area contributed by atoms with Gasteiger partial charge in [-0.05, 0) is 48.4 Å². The lowest BCUT2D eigenvalue weighted by atomic mass is 9.98. The normalized spacial score (nSPS) is 15.6. The number of carbonyl (C=O) groups excluding carboxylic acids is 2. The average molecular weight is 612 g/mol. The van der Waals surface area contributed by atoms with Crippen LogP contribution in [-0.4, -0.2) is 67.2 Å². The van der Waals surface area contributed by atoms with Gasteiger partial charge in [0.15, 0.2) is 0 Å². The van der Waals surface area contributed by atoms with Gasteiger partial charge in [-0.25, -0.2) is 10.6 Å². The molecule has 3 atom stereocenters. The molecular weight excluding hydrogens is 579 g/mol. The van der Waals surface area contributed by atoms with E-state index in [0.29, 0.717) is 28.3 Å². The number of nitrogens with zero attached hydrogens (tertiary/aromatic N) is 2. The number of pyridine rings is 1. The maximum Gasteiger partial charge on any atom is 0.328 e. The smallest absolute Gasteiger partial charge is 0.328 e. The fourth-order valence-corrected chi connectivity index (χ4v) is 6.48. The zero-order valence-corrected chi connectivity index (χ0v) is 25.0. The maximum atomic E-state index is 13.3. The monoisotopic (exact) mass is 611 g/mol. The molecule has 1 unspecified atom stereocenters. The van der Waals surface area contributed by atoms with E-state index in [1.54, 1.807) is 24.5 Å². The number of hydrogen-bond donors (Lipinski definition) is 4. The second-order valence-corrected chi connectivity index (χ2v) is 11.9. The van der Waals surface area contributed by atoms with Crippen molar-refractivity contribution in [2.75, 3.05) is 12.8 Å². The highest BCUT2D eigenvalue weighted by atomic mass is 32.2. The molecule has 12 heteroatoms. The minimum Gasteiger partial charge on any atom is -0.480 e. The molecular formula is C29H33N5O4S3. The van der Waals surface area contributed by atoms with Gasteiger partial charge in [-0.3, -0.25) is 19.6 Å². The van der Waals surface area contributed by atoms with Gasteiger partial charge in [0.1, 0.15) is 6.04 Å². The quantitative estimate of drug-likeness (QED) is 0.0871. The standard InChI is InChI=1S/C24H23N3O3S3.C5H10N2O/c1-32-21(24(31)33-17-10-7-13-26-15-17)14-20(23(29)30)27(25)22(28)19-12-6-5-11-18(19)16-8-3-2-4-9-16;6-3-4-1-2-5(8)7-4/h2-13,15,20-21H,14,25H2,1H3,(H,29,30);4H,1-3,6H2,(H,7,8)/t20-,21?;4-/m00/s1. The Bertz CT molecular complexity index is 1330. The number of carbonyl (C=O) groups is 3. The van der Waals surface area contributed by atoms with Crippen molar-refractivity contribution in [3.63, 3.8) is 0 Å². The minimum atomic E-state index is -1.24. The predicted molar refractivity (Wildman–Crippen MR) is 168 cm³/mol. The molecule has 2 heterocycles. The van der Waals surface area contributed by atoms with Crippen LogP contribution in [0.5, 0.6) is 0 Å². The van der Waals surface area contributed by atoms with E-state index in [2.05, 4.69) is 10.3 Å². The average Bonchev–Trinajstić information content (AvgIpc) is 3.43. The van der Waals surface area contributed by atoms with Crippen LogP contribution in [0.15, 0.2) is 84.0 Å². The van der Waals surface area contributed by atoms with Crippen LogP contribution in [0, 0.1) is 0 Å². The summed E-state index contributed by atoms with van der Waals surface area (Å²) >= 11 is 8.35. The molecule has 0 aliphatic carbocycles. The number of hydrogen-bond acceptors (Lipinski definition) is 9. The second-order valence-electron chi connectivity index (χ2n) is 9.09. The predicted octanol–water partition coefficient (Wildman–Crippen LogP) is 3.98. The Hall–Kier alpha value is -3.29. The Morgan fingerprint density at radius 1 is 1.15 bits per heavy atom. The first-order valence-electron chi connectivity index (χ1n) is 12.8.